The van der Waals surface area contributed by atoms with Gasteiger partial charge in [0.2, 0.25) is 0 Å². The fourth-order valence-corrected chi connectivity index (χ4v) is 2.73. The normalized spacial score (nSPS) is 25.0. The Labute approximate surface area is 113 Å². The summed E-state index contributed by atoms with van der Waals surface area (Å²) in [6.07, 6.45) is 3.89. The van der Waals surface area contributed by atoms with E-state index in [2.05, 4.69) is 0 Å². The third-order valence-corrected chi connectivity index (χ3v) is 3.60. The van der Waals surface area contributed by atoms with Crippen LogP contribution in [0.3, 0.4) is 0 Å². The SMILES string of the molecule is NC(=S)CN(C(=O)C1COCCO1)C1CCCC1. The van der Waals surface area contributed by atoms with Crippen molar-refractivity contribution >= 4 is 23.1 Å². The molecule has 102 valence electrons. The van der Waals surface area contributed by atoms with Gasteiger partial charge in [-0.1, -0.05) is 25.1 Å². The lowest BCUT2D eigenvalue weighted by molar-refractivity contribution is -0.159. The van der Waals surface area contributed by atoms with Gasteiger partial charge in [-0.25, -0.2) is 0 Å². The highest BCUT2D eigenvalue weighted by Gasteiger charge is 2.33. The first kappa shape index (κ1) is 13.7. The first-order valence-corrected chi connectivity index (χ1v) is 6.87. The maximum Gasteiger partial charge on any atom is 0.254 e. The number of nitrogens with two attached hydrogens (primary N) is 1. The van der Waals surface area contributed by atoms with Crippen LogP contribution in [0.15, 0.2) is 0 Å². The summed E-state index contributed by atoms with van der Waals surface area (Å²) in [5, 5.41) is 0. The Balaban J connectivity index is 2.01. The van der Waals surface area contributed by atoms with Crippen LogP contribution in [-0.2, 0) is 14.3 Å². The fourth-order valence-electron chi connectivity index (χ4n) is 2.59. The van der Waals surface area contributed by atoms with Crippen LogP contribution in [0.4, 0.5) is 0 Å². The van der Waals surface area contributed by atoms with Crippen molar-refractivity contribution in [2.45, 2.75) is 37.8 Å². The van der Waals surface area contributed by atoms with Crippen molar-refractivity contribution in [3.05, 3.63) is 0 Å². The van der Waals surface area contributed by atoms with Crippen molar-refractivity contribution < 1.29 is 14.3 Å². The summed E-state index contributed by atoms with van der Waals surface area (Å²) < 4.78 is 10.7. The summed E-state index contributed by atoms with van der Waals surface area (Å²) in [5.74, 6) is -0.0330. The van der Waals surface area contributed by atoms with Crippen LogP contribution < -0.4 is 5.73 Å². The number of ether oxygens (including phenoxy) is 2. The smallest absolute Gasteiger partial charge is 0.254 e. The minimum Gasteiger partial charge on any atom is -0.392 e. The predicted octanol–water partition coefficient (Wildman–Crippen LogP) is 0.459. The van der Waals surface area contributed by atoms with E-state index in [1.54, 1.807) is 4.90 Å². The van der Waals surface area contributed by atoms with Crippen LogP contribution >= 0.6 is 12.2 Å². The average molecular weight is 272 g/mol. The molecule has 2 N–H and O–H groups in total. The highest BCUT2D eigenvalue weighted by atomic mass is 32.1. The number of hydrogen-bond acceptors (Lipinski definition) is 4. The van der Waals surface area contributed by atoms with Crippen LogP contribution in [-0.4, -0.2) is 54.3 Å². The minimum atomic E-state index is -0.492. The standard InChI is InChI=1S/C12H20N2O3S/c13-11(18)7-14(9-3-1-2-4-9)12(15)10-8-16-5-6-17-10/h9-10H,1-8H2,(H2,13,18). The molecular formula is C12H20N2O3S. The molecule has 18 heavy (non-hydrogen) atoms. The first-order valence-electron chi connectivity index (χ1n) is 6.46. The van der Waals surface area contributed by atoms with E-state index < -0.39 is 6.10 Å². The van der Waals surface area contributed by atoms with E-state index in [4.69, 9.17) is 27.4 Å². The lowest BCUT2D eigenvalue weighted by Gasteiger charge is -2.33. The van der Waals surface area contributed by atoms with Crippen LogP contribution in [0.5, 0.6) is 0 Å². The van der Waals surface area contributed by atoms with Gasteiger partial charge >= 0.3 is 0 Å². The fraction of sp³-hybridized carbons (Fsp3) is 0.833. The van der Waals surface area contributed by atoms with Crippen molar-refractivity contribution in [1.29, 1.82) is 0 Å². The second-order valence-corrected chi connectivity index (χ2v) is 5.33. The molecule has 1 amide bonds. The topological polar surface area (TPSA) is 64.8 Å². The summed E-state index contributed by atoms with van der Waals surface area (Å²) in [6.45, 7) is 1.71. The second-order valence-electron chi connectivity index (χ2n) is 4.81. The molecule has 2 aliphatic rings. The number of amides is 1. The molecule has 2 fully saturated rings. The van der Waals surface area contributed by atoms with E-state index in [0.717, 1.165) is 25.7 Å². The zero-order valence-corrected chi connectivity index (χ0v) is 11.3. The molecule has 1 unspecified atom stereocenters. The van der Waals surface area contributed by atoms with Gasteiger partial charge in [0.15, 0.2) is 6.10 Å². The molecule has 1 aliphatic heterocycles. The van der Waals surface area contributed by atoms with E-state index >= 15 is 0 Å². The molecule has 1 aliphatic carbocycles. The van der Waals surface area contributed by atoms with Gasteiger partial charge < -0.3 is 20.1 Å². The summed E-state index contributed by atoms with van der Waals surface area (Å²) in [4.78, 5) is 14.6. The van der Waals surface area contributed by atoms with Crippen LogP contribution in [0, 0.1) is 0 Å². The number of nitrogens with zero attached hydrogens (tertiary/aromatic N) is 1. The van der Waals surface area contributed by atoms with Crippen LogP contribution in [0.1, 0.15) is 25.7 Å². The van der Waals surface area contributed by atoms with Crippen molar-refractivity contribution in [3.8, 4) is 0 Å². The molecule has 0 aromatic heterocycles. The molecule has 0 aromatic rings. The maximum absolute atomic E-state index is 12.4. The van der Waals surface area contributed by atoms with E-state index in [1.807, 2.05) is 0 Å². The largest absolute Gasteiger partial charge is 0.392 e. The Hall–Kier alpha value is -0.720. The summed E-state index contributed by atoms with van der Waals surface area (Å²) in [6, 6.07) is 0.254. The van der Waals surface area contributed by atoms with E-state index in [-0.39, 0.29) is 11.9 Å². The molecule has 0 aromatic carbocycles. The second kappa shape index (κ2) is 6.45. The maximum atomic E-state index is 12.4. The molecule has 1 atom stereocenters. The molecule has 6 heteroatoms. The Bertz CT molecular complexity index is 312. The highest BCUT2D eigenvalue weighted by Crippen LogP contribution is 2.24. The molecule has 0 radical (unpaired) electrons. The molecule has 0 bridgehead atoms. The van der Waals surface area contributed by atoms with Gasteiger partial charge in [-0.05, 0) is 12.8 Å². The molecule has 1 heterocycles. The van der Waals surface area contributed by atoms with Gasteiger partial charge in [0.25, 0.3) is 5.91 Å². The molecule has 5 nitrogen and oxygen atoms in total. The van der Waals surface area contributed by atoms with Crippen molar-refractivity contribution in [2.24, 2.45) is 5.73 Å². The Morgan fingerprint density at radius 2 is 2.06 bits per heavy atom. The van der Waals surface area contributed by atoms with Gasteiger partial charge in [0, 0.05) is 6.04 Å². The number of carbonyl (C=O) groups excluding carboxylic acids is 1. The number of thiocarbonyl (C=S) groups is 1. The zero-order valence-electron chi connectivity index (χ0n) is 10.5. The summed E-state index contributed by atoms with van der Waals surface area (Å²) in [7, 11) is 0. The van der Waals surface area contributed by atoms with Crippen LogP contribution in [0.2, 0.25) is 0 Å². The van der Waals surface area contributed by atoms with Gasteiger partial charge in [-0.2, -0.15) is 0 Å². The molecule has 2 rings (SSSR count). The quantitative estimate of drug-likeness (QED) is 0.753. The third-order valence-electron chi connectivity index (χ3n) is 3.47. The Morgan fingerprint density at radius 1 is 1.33 bits per heavy atom. The number of rotatable bonds is 4. The number of carbonyl (C=O) groups is 1. The highest BCUT2D eigenvalue weighted by molar-refractivity contribution is 7.80. The monoisotopic (exact) mass is 272 g/mol. The summed E-state index contributed by atoms with van der Waals surface area (Å²) in [5.41, 5.74) is 5.59. The Morgan fingerprint density at radius 3 is 2.61 bits per heavy atom. The van der Waals surface area contributed by atoms with E-state index in [9.17, 15) is 4.79 Å². The van der Waals surface area contributed by atoms with Crippen LogP contribution in [0.25, 0.3) is 0 Å². The molecular weight excluding hydrogens is 252 g/mol. The predicted molar refractivity (Wildman–Crippen MR) is 71.3 cm³/mol. The van der Waals surface area contributed by atoms with E-state index in [1.165, 1.54) is 0 Å². The Kier molecular flexibility index (Phi) is 4.91. The van der Waals surface area contributed by atoms with Crippen molar-refractivity contribution in [3.63, 3.8) is 0 Å². The minimum absolute atomic E-state index is 0.0330. The molecule has 1 saturated carbocycles. The average Bonchev–Trinajstić information content (AvgIpc) is 2.89. The zero-order chi connectivity index (χ0) is 13.0. The molecule has 0 spiro atoms. The van der Waals surface area contributed by atoms with Crippen molar-refractivity contribution in [2.75, 3.05) is 26.4 Å². The van der Waals surface area contributed by atoms with Gasteiger partial charge in [0.1, 0.15) is 0 Å². The molecule has 1 saturated heterocycles. The third kappa shape index (κ3) is 3.40. The summed E-state index contributed by atoms with van der Waals surface area (Å²) >= 11 is 4.94. The van der Waals surface area contributed by atoms with Gasteiger partial charge in [-0.3, -0.25) is 4.79 Å². The van der Waals surface area contributed by atoms with Gasteiger partial charge in [0.05, 0.1) is 31.4 Å². The lowest BCUT2D eigenvalue weighted by Crippen LogP contribution is -2.51. The number of hydrogen-bond donors (Lipinski definition) is 1. The van der Waals surface area contributed by atoms with Crippen molar-refractivity contribution in [1.82, 2.24) is 4.90 Å². The lowest BCUT2D eigenvalue weighted by atomic mass is 10.1. The van der Waals surface area contributed by atoms with Gasteiger partial charge in [-0.15, -0.1) is 0 Å². The van der Waals surface area contributed by atoms with E-state index in [0.29, 0.717) is 31.4 Å². The first-order chi connectivity index (χ1) is 8.68.